The van der Waals surface area contributed by atoms with Gasteiger partial charge in [0.15, 0.2) is 5.82 Å². The summed E-state index contributed by atoms with van der Waals surface area (Å²) in [4.78, 5) is 4.29. The standard InChI is InChI=1S/C16H15FN4O/c1-2-22-16-19-15(13-8-3-4-9-14(13)17)21(20-16)12-7-5-6-11(18)10-12/h3-10H,2,18H2,1H3. The van der Waals surface area contributed by atoms with Crippen LogP contribution in [-0.4, -0.2) is 21.4 Å². The van der Waals surface area contributed by atoms with E-state index >= 15 is 0 Å². The van der Waals surface area contributed by atoms with E-state index in [0.29, 0.717) is 29.4 Å². The first-order valence-electron chi connectivity index (χ1n) is 6.89. The van der Waals surface area contributed by atoms with Crippen LogP contribution in [0.3, 0.4) is 0 Å². The summed E-state index contributed by atoms with van der Waals surface area (Å²) >= 11 is 0. The van der Waals surface area contributed by atoms with Crippen molar-refractivity contribution in [3.63, 3.8) is 0 Å². The Bertz CT molecular complexity index is 800. The largest absolute Gasteiger partial charge is 0.463 e. The lowest BCUT2D eigenvalue weighted by Gasteiger charge is -2.07. The van der Waals surface area contributed by atoms with Crippen LogP contribution in [0.4, 0.5) is 10.1 Å². The molecular formula is C16H15FN4O. The number of nitrogen functional groups attached to an aromatic ring is 1. The van der Waals surface area contributed by atoms with Gasteiger partial charge in [0.05, 0.1) is 17.9 Å². The van der Waals surface area contributed by atoms with Gasteiger partial charge < -0.3 is 10.5 Å². The van der Waals surface area contributed by atoms with Gasteiger partial charge in [-0.1, -0.05) is 18.2 Å². The molecule has 0 aliphatic rings. The summed E-state index contributed by atoms with van der Waals surface area (Å²) in [7, 11) is 0. The molecule has 3 rings (SSSR count). The van der Waals surface area contributed by atoms with E-state index in [1.165, 1.54) is 10.7 Å². The van der Waals surface area contributed by atoms with Crippen LogP contribution in [0.25, 0.3) is 17.1 Å². The van der Waals surface area contributed by atoms with Crippen LogP contribution in [0.15, 0.2) is 48.5 Å². The van der Waals surface area contributed by atoms with E-state index in [2.05, 4.69) is 10.1 Å². The molecule has 0 saturated heterocycles. The van der Waals surface area contributed by atoms with Crippen molar-refractivity contribution in [1.29, 1.82) is 0 Å². The maximum Gasteiger partial charge on any atom is 0.336 e. The van der Waals surface area contributed by atoms with Crippen LogP contribution in [0.2, 0.25) is 0 Å². The maximum atomic E-state index is 14.1. The molecule has 0 radical (unpaired) electrons. The number of halogens is 1. The van der Waals surface area contributed by atoms with Gasteiger partial charge in [0.2, 0.25) is 0 Å². The number of ether oxygens (including phenoxy) is 1. The normalized spacial score (nSPS) is 10.6. The Balaban J connectivity index is 2.18. The molecule has 0 unspecified atom stereocenters. The van der Waals surface area contributed by atoms with Crippen LogP contribution in [0, 0.1) is 5.82 Å². The van der Waals surface area contributed by atoms with E-state index in [0.717, 1.165) is 0 Å². The highest BCUT2D eigenvalue weighted by molar-refractivity contribution is 5.60. The second-order valence-corrected chi connectivity index (χ2v) is 4.64. The van der Waals surface area contributed by atoms with Crippen LogP contribution in [0.1, 0.15) is 6.92 Å². The van der Waals surface area contributed by atoms with E-state index in [-0.39, 0.29) is 11.8 Å². The first kappa shape index (κ1) is 14.1. The van der Waals surface area contributed by atoms with Crippen molar-refractivity contribution in [2.45, 2.75) is 6.92 Å². The van der Waals surface area contributed by atoms with Crippen molar-refractivity contribution in [3.8, 4) is 23.1 Å². The third kappa shape index (κ3) is 2.63. The summed E-state index contributed by atoms with van der Waals surface area (Å²) in [5.74, 6) is -0.00440. The number of anilines is 1. The van der Waals surface area contributed by atoms with Gasteiger partial charge in [-0.25, -0.2) is 9.07 Å². The smallest absolute Gasteiger partial charge is 0.336 e. The Morgan fingerprint density at radius 3 is 2.73 bits per heavy atom. The minimum Gasteiger partial charge on any atom is -0.463 e. The zero-order chi connectivity index (χ0) is 15.5. The highest BCUT2D eigenvalue weighted by Crippen LogP contribution is 2.26. The molecule has 2 N–H and O–H groups in total. The van der Waals surface area contributed by atoms with Crippen LogP contribution in [-0.2, 0) is 0 Å². The first-order valence-corrected chi connectivity index (χ1v) is 6.89. The lowest BCUT2D eigenvalue weighted by Crippen LogP contribution is -2.02. The third-order valence-electron chi connectivity index (χ3n) is 3.09. The summed E-state index contributed by atoms with van der Waals surface area (Å²) in [6.45, 7) is 2.27. The Labute approximate surface area is 127 Å². The molecule has 22 heavy (non-hydrogen) atoms. The van der Waals surface area contributed by atoms with Gasteiger partial charge in [0, 0.05) is 5.69 Å². The molecular weight excluding hydrogens is 283 g/mol. The molecule has 0 bridgehead atoms. The maximum absolute atomic E-state index is 14.1. The summed E-state index contributed by atoms with van der Waals surface area (Å²) in [6.07, 6.45) is 0. The fourth-order valence-electron chi connectivity index (χ4n) is 2.14. The third-order valence-corrected chi connectivity index (χ3v) is 3.09. The summed E-state index contributed by atoms with van der Waals surface area (Å²) in [5.41, 5.74) is 7.44. The van der Waals surface area contributed by atoms with E-state index < -0.39 is 0 Å². The molecule has 3 aromatic rings. The second-order valence-electron chi connectivity index (χ2n) is 4.64. The summed E-state index contributed by atoms with van der Waals surface area (Å²) in [5, 5.41) is 4.29. The first-order chi connectivity index (χ1) is 10.7. The van der Waals surface area contributed by atoms with Gasteiger partial charge >= 0.3 is 6.01 Å². The predicted octanol–water partition coefficient (Wildman–Crippen LogP) is 3.05. The molecule has 6 heteroatoms. The van der Waals surface area contributed by atoms with Gasteiger partial charge in [0.1, 0.15) is 5.82 Å². The van der Waals surface area contributed by atoms with Gasteiger partial charge in [-0.05, 0) is 37.3 Å². The number of hydrogen-bond donors (Lipinski definition) is 1. The predicted molar refractivity (Wildman–Crippen MR) is 82.3 cm³/mol. The molecule has 0 atom stereocenters. The van der Waals surface area contributed by atoms with Gasteiger partial charge in [-0.15, -0.1) is 5.10 Å². The highest BCUT2D eigenvalue weighted by atomic mass is 19.1. The average molecular weight is 298 g/mol. The zero-order valence-electron chi connectivity index (χ0n) is 12.0. The topological polar surface area (TPSA) is 66.0 Å². The monoisotopic (exact) mass is 298 g/mol. The molecule has 0 aliphatic heterocycles. The average Bonchev–Trinajstić information content (AvgIpc) is 2.92. The Morgan fingerprint density at radius 2 is 2.00 bits per heavy atom. The number of aromatic nitrogens is 3. The van der Waals surface area contributed by atoms with Crippen LogP contribution in [0.5, 0.6) is 6.01 Å². The Hall–Kier alpha value is -2.89. The number of hydrogen-bond acceptors (Lipinski definition) is 4. The molecule has 0 amide bonds. The lowest BCUT2D eigenvalue weighted by molar-refractivity contribution is 0.312. The van der Waals surface area contributed by atoms with Crippen molar-refractivity contribution in [1.82, 2.24) is 14.8 Å². The van der Waals surface area contributed by atoms with Gasteiger partial charge in [0.25, 0.3) is 0 Å². The lowest BCUT2D eigenvalue weighted by atomic mass is 10.2. The molecule has 1 heterocycles. The Morgan fingerprint density at radius 1 is 1.18 bits per heavy atom. The van der Waals surface area contributed by atoms with Gasteiger partial charge in [-0.2, -0.15) is 4.98 Å². The molecule has 1 aromatic heterocycles. The summed E-state index contributed by atoms with van der Waals surface area (Å²) < 4.78 is 21.0. The van der Waals surface area contributed by atoms with Crippen LogP contribution < -0.4 is 10.5 Å². The van der Waals surface area contributed by atoms with Crippen molar-refractivity contribution < 1.29 is 9.13 Å². The fraction of sp³-hybridized carbons (Fsp3) is 0.125. The molecule has 0 fully saturated rings. The van der Waals surface area contributed by atoms with Crippen molar-refractivity contribution in [2.75, 3.05) is 12.3 Å². The number of nitrogens with two attached hydrogens (primary N) is 1. The molecule has 0 spiro atoms. The van der Waals surface area contributed by atoms with E-state index in [9.17, 15) is 4.39 Å². The minimum absolute atomic E-state index is 0.197. The fourth-order valence-corrected chi connectivity index (χ4v) is 2.14. The Kier molecular flexibility index (Phi) is 3.74. The molecule has 0 saturated carbocycles. The summed E-state index contributed by atoms with van der Waals surface area (Å²) in [6, 6.07) is 13.7. The van der Waals surface area contributed by atoms with E-state index in [1.54, 1.807) is 36.4 Å². The number of benzene rings is 2. The van der Waals surface area contributed by atoms with Crippen LogP contribution >= 0.6 is 0 Å². The quantitative estimate of drug-likeness (QED) is 0.752. The van der Waals surface area contributed by atoms with Gasteiger partial charge in [-0.3, -0.25) is 0 Å². The molecule has 2 aromatic carbocycles. The second kappa shape index (κ2) is 5.85. The molecule has 0 aliphatic carbocycles. The number of rotatable bonds is 4. The van der Waals surface area contributed by atoms with E-state index in [1.807, 2.05) is 13.0 Å². The minimum atomic E-state index is -0.372. The number of nitrogens with zero attached hydrogens (tertiary/aromatic N) is 3. The SMILES string of the molecule is CCOc1nc(-c2ccccc2F)n(-c2cccc(N)c2)n1. The van der Waals surface area contributed by atoms with E-state index in [4.69, 9.17) is 10.5 Å². The molecule has 5 nitrogen and oxygen atoms in total. The van der Waals surface area contributed by atoms with Crippen molar-refractivity contribution >= 4 is 5.69 Å². The zero-order valence-corrected chi connectivity index (χ0v) is 12.0. The highest BCUT2D eigenvalue weighted by Gasteiger charge is 2.17. The van der Waals surface area contributed by atoms with Crippen molar-refractivity contribution in [3.05, 3.63) is 54.3 Å². The molecule has 112 valence electrons. The van der Waals surface area contributed by atoms with Crippen molar-refractivity contribution in [2.24, 2.45) is 0 Å².